The van der Waals surface area contributed by atoms with E-state index in [-0.39, 0.29) is 0 Å². The zero-order chi connectivity index (χ0) is 37.9. The molecule has 0 aromatic heterocycles. The van der Waals surface area contributed by atoms with Gasteiger partial charge in [0.05, 0.1) is 26.4 Å². The molecule has 4 aliphatic heterocycles. The smallest absolute Gasteiger partial charge is 0.217 e. The van der Waals surface area contributed by atoms with Crippen molar-refractivity contribution in [2.75, 3.05) is 26.4 Å². The summed E-state index contributed by atoms with van der Waals surface area (Å²) >= 11 is 0. The molecule has 0 aromatic rings. The minimum Gasteiger partial charge on any atom is -0.394 e. The lowest BCUT2D eigenvalue weighted by Crippen LogP contribution is -2.69. The van der Waals surface area contributed by atoms with Gasteiger partial charge in [-0.1, -0.05) is 0 Å². The van der Waals surface area contributed by atoms with Crippen molar-refractivity contribution in [3.63, 3.8) is 0 Å². The Morgan fingerprint density at radius 2 is 0.922 bits per heavy atom. The van der Waals surface area contributed by atoms with Crippen LogP contribution in [0.2, 0.25) is 0 Å². The Balaban J connectivity index is 1.62. The van der Waals surface area contributed by atoms with E-state index < -0.39 is 161 Å². The molecule has 296 valence electrons. The van der Waals surface area contributed by atoms with Gasteiger partial charge in [0, 0.05) is 13.8 Å². The summed E-state index contributed by atoms with van der Waals surface area (Å²) in [6.45, 7) is -1.34. The summed E-state index contributed by atoms with van der Waals surface area (Å²) in [5.41, 5.74) is 0. The molecule has 20 atom stereocenters. The molecule has 23 nitrogen and oxygen atoms in total. The second-order valence-electron chi connectivity index (χ2n) is 12.6. The number of amides is 2. The van der Waals surface area contributed by atoms with Gasteiger partial charge in [-0.15, -0.1) is 0 Å². The van der Waals surface area contributed by atoms with Crippen LogP contribution >= 0.6 is 0 Å². The van der Waals surface area contributed by atoms with Crippen molar-refractivity contribution in [3.8, 4) is 0 Å². The van der Waals surface area contributed by atoms with E-state index in [2.05, 4.69) is 10.6 Å². The maximum atomic E-state index is 11.9. The average Bonchev–Trinajstić information content (AvgIpc) is 3.09. The van der Waals surface area contributed by atoms with E-state index in [1.807, 2.05) is 0 Å². The number of rotatable bonds is 12. The molecule has 0 aliphatic carbocycles. The predicted molar refractivity (Wildman–Crippen MR) is 157 cm³/mol. The van der Waals surface area contributed by atoms with Crippen molar-refractivity contribution in [3.05, 3.63) is 0 Å². The molecule has 1 unspecified atom stereocenters. The third kappa shape index (κ3) is 9.11. The van der Waals surface area contributed by atoms with E-state index in [4.69, 9.17) is 33.2 Å². The number of aliphatic hydroxyl groups excluding tert-OH is 12. The van der Waals surface area contributed by atoms with E-state index in [1.54, 1.807) is 0 Å². The van der Waals surface area contributed by atoms with Crippen molar-refractivity contribution in [2.45, 2.75) is 137 Å². The molecule has 4 aliphatic rings. The van der Waals surface area contributed by atoms with Crippen LogP contribution < -0.4 is 10.6 Å². The number of nitrogens with one attached hydrogen (secondary N) is 2. The van der Waals surface area contributed by atoms with Gasteiger partial charge < -0.3 is 105 Å². The van der Waals surface area contributed by atoms with Crippen molar-refractivity contribution in [2.24, 2.45) is 0 Å². The Kier molecular flexibility index (Phi) is 14.8. The SMILES string of the molecule is CC(=O)N[C@H]1[C@H](O[C@@H]2[C@@H](O[C@@H]3[C@H](O)[C@H](O[C@H]4[C@H](O)[C@@H](NC(C)=O)C(O)O[C@@H]4CO)O[C@H](CO)[C@H]3O)O[C@H](CO)[C@@H](O)[C@@H]2O)O[C@H](CO)[C@@H](O)[C@@H]1O. The van der Waals surface area contributed by atoms with Gasteiger partial charge in [-0.2, -0.15) is 0 Å². The van der Waals surface area contributed by atoms with Crippen LogP contribution in [0.4, 0.5) is 0 Å². The maximum absolute atomic E-state index is 11.9. The van der Waals surface area contributed by atoms with Gasteiger partial charge in [-0.25, -0.2) is 0 Å². The van der Waals surface area contributed by atoms with Crippen LogP contribution in [-0.2, 0) is 42.7 Å². The summed E-state index contributed by atoms with van der Waals surface area (Å²) in [4.78, 5) is 23.6. The van der Waals surface area contributed by atoms with Crippen molar-refractivity contribution in [1.29, 1.82) is 0 Å². The summed E-state index contributed by atoms with van der Waals surface area (Å²) < 4.78 is 39.3. The summed E-state index contributed by atoms with van der Waals surface area (Å²) in [6, 6.07) is -3.02. The number of carbonyl (C=O) groups excluding carboxylic acids is 2. The first-order valence-corrected chi connectivity index (χ1v) is 16.1. The first kappa shape index (κ1) is 41.9. The van der Waals surface area contributed by atoms with E-state index in [1.165, 1.54) is 0 Å². The molecule has 0 bridgehead atoms. The monoisotopic (exact) mass is 748 g/mol. The highest BCUT2D eigenvalue weighted by atomic mass is 16.8. The van der Waals surface area contributed by atoms with Crippen LogP contribution in [0.5, 0.6) is 0 Å². The van der Waals surface area contributed by atoms with E-state index in [0.29, 0.717) is 0 Å². The van der Waals surface area contributed by atoms with Crippen LogP contribution in [-0.4, -0.2) is 222 Å². The van der Waals surface area contributed by atoms with Gasteiger partial charge in [0.1, 0.15) is 97.5 Å². The lowest BCUT2D eigenvalue weighted by atomic mass is 9.94. The Labute approximate surface area is 289 Å². The fourth-order valence-electron chi connectivity index (χ4n) is 6.33. The molecule has 14 N–H and O–H groups in total. The van der Waals surface area contributed by atoms with E-state index in [9.17, 15) is 70.9 Å². The molecule has 51 heavy (non-hydrogen) atoms. The highest BCUT2D eigenvalue weighted by Crippen LogP contribution is 2.34. The highest BCUT2D eigenvalue weighted by molar-refractivity contribution is 5.73. The lowest BCUT2D eigenvalue weighted by Gasteiger charge is -2.50. The fourth-order valence-corrected chi connectivity index (χ4v) is 6.33. The molecule has 4 rings (SSSR count). The topological polar surface area (TPSA) is 366 Å². The minimum atomic E-state index is -2.07. The Hall–Kier alpha value is -1.82. The Morgan fingerprint density at radius 3 is 1.47 bits per heavy atom. The summed E-state index contributed by atoms with van der Waals surface area (Å²) in [6.07, 6.45) is -32.1. The number of aliphatic hydroxyl groups is 12. The molecule has 0 saturated carbocycles. The van der Waals surface area contributed by atoms with Gasteiger partial charge in [-0.3, -0.25) is 9.59 Å². The quantitative estimate of drug-likeness (QED) is 0.0881. The molecule has 2 amide bonds. The van der Waals surface area contributed by atoms with Crippen LogP contribution in [0.25, 0.3) is 0 Å². The molecule has 0 spiro atoms. The zero-order valence-electron chi connectivity index (χ0n) is 27.4. The normalized spacial score (nSPS) is 47.8. The standard InChI is InChI=1S/C28H48N2O21/c1-7(35)29-13-19(41)22(12(6-34)45-25(13)44)49-27-21(43)23(17(39)11(5-33)47-27)50-28-24(20(42)16(38)10(4-32)48-28)51-26-14(30-8(2)36)18(40)15(37)9(3-31)46-26/h9-28,31-34,37-44H,3-6H2,1-2H3,(H,29,35)(H,30,36)/t9-,10-,11-,12-,13-,14-,15-,16-,17-,18-,19-,20+,21+,22-,23+,24+,25?,26+,27+,28-/m1/s1. The molecule has 0 radical (unpaired) electrons. The van der Waals surface area contributed by atoms with Crippen molar-refractivity contribution >= 4 is 11.8 Å². The molecular formula is C28H48N2O21. The molecule has 0 aromatic carbocycles. The third-order valence-electron chi connectivity index (χ3n) is 9.01. The Bertz CT molecular complexity index is 1140. The van der Waals surface area contributed by atoms with Gasteiger partial charge in [-0.05, 0) is 0 Å². The third-order valence-corrected chi connectivity index (χ3v) is 9.01. The van der Waals surface area contributed by atoms with Crippen LogP contribution in [0.3, 0.4) is 0 Å². The van der Waals surface area contributed by atoms with Crippen molar-refractivity contribution < 1.29 is 104 Å². The number of hydrogen-bond acceptors (Lipinski definition) is 21. The lowest BCUT2D eigenvalue weighted by molar-refractivity contribution is -0.389. The minimum absolute atomic E-state index is 0.675. The second kappa shape index (κ2) is 18.0. The average molecular weight is 749 g/mol. The highest BCUT2D eigenvalue weighted by Gasteiger charge is 2.56. The van der Waals surface area contributed by atoms with Crippen LogP contribution in [0, 0.1) is 0 Å². The number of hydrogen-bond donors (Lipinski definition) is 14. The maximum Gasteiger partial charge on any atom is 0.217 e. The molecule has 4 fully saturated rings. The van der Waals surface area contributed by atoms with E-state index in [0.717, 1.165) is 13.8 Å². The predicted octanol–water partition coefficient (Wildman–Crippen LogP) is -9.46. The second-order valence-corrected chi connectivity index (χ2v) is 12.6. The summed E-state index contributed by atoms with van der Waals surface area (Å²) in [7, 11) is 0. The Morgan fingerprint density at radius 1 is 0.471 bits per heavy atom. The summed E-state index contributed by atoms with van der Waals surface area (Å²) in [5.74, 6) is -1.39. The van der Waals surface area contributed by atoms with Crippen LogP contribution in [0.15, 0.2) is 0 Å². The van der Waals surface area contributed by atoms with E-state index >= 15 is 0 Å². The van der Waals surface area contributed by atoms with Gasteiger partial charge in [0.25, 0.3) is 0 Å². The fraction of sp³-hybridized carbons (Fsp3) is 0.929. The first-order valence-electron chi connectivity index (χ1n) is 16.1. The van der Waals surface area contributed by atoms with Crippen molar-refractivity contribution in [1.82, 2.24) is 10.6 Å². The van der Waals surface area contributed by atoms with Gasteiger partial charge in [0.15, 0.2) is 25.2 Å². The van der Waals surface area contributed by atoms with Crippen LogP contribution in [0.1, 0.15) is 13.8 Å². The number of carbonyl (C=O) groups is 2. The number of ether oxygens (including phenoxy) is 7. The largest absolute Gasteiger partial charge is 0.394 e. The molecular weight excluding hydrogens is 700 g/mol. The summed E-state index contributed by atoms with van der Waals surface area (Å²) in [5, 5.41) is 130. The molecule has 23 heteroatoms. The van der Waals surface area contributed by atoms with Gasteiger partial charge >= 0.3 is 0 Å². The first-order chi connectivity index (χ1) is 24.1. The molecule has 4 saturated heterocycles. The zero-order valence-corrected chi connectivity index (χ0v) is 27.4. The van der Waals surface area contributed by atoms with Gasteiger partial charge in [0.2, 0.25) is 11.8 Å². The molecule has 4 heterocycles.